The molecule has 110 valence electrons. The first-order valence-electron chi connectivity index (χ1n) is 7.25. The van der Waals surface area contributed by atoms with E-state index in [1.54, 1.807) is 0 Å². The number of amides is 1. The van der Waals surface area contributed by atoms with Crippen LogP contribution < -0.4 is 5.32 Å². The van der Waals surface area contributed by atoms with Gasteiger partial charge in [0.05, 0.1) is 0 Å². The Balaban J connectivity index is 1.97. The van der Waals surface area contributed by atoms with Gasteiger partial charge in [-0.1, -0.05) is 49.4 Å². The van der Waals surface area contributed by atoms with E-state index in [4.69, 9.17) is 5.11 Å². The molecular formula is C18H21NO2. The van der Waals surface area contributed by atoms with Crippen LogP contribution in [0.25, 0.3) is 11.1 Å². The summed E-state index contributed by atoms with van der Waals surface area (Å²) in [5, 5.41) is 11.7. The predicted octanol–water partition coefficient (Wildman–Crippen LogP) is 3.10. The molecule has 0 aliphatic rings. The first-order valence-corrected chi connectivity index (χ1v) is 7.25. The van der Waals surface area contributed by atoms with Gasteiger partial charge in [0.15, 0.2) is 0 Å². The largest absolute Gasteiger partial charge is 0.396 e. The molecule has 0 bridgehead atoms. The molecule has 2 N–H and O–H groups in total. The summed E-state index contributed by atoms with van der Waals surface area (Å²) in [6.07, 6.45) is 0.702. The van der Waals surface area contributed by atoms with Crippen molar-refractivity contribution < 1.29 is 9.90 Å². The quantitative estimate of drug-likeness (QED) is 0.856. The van der Waals surface area contributed by atoms with Crippen molar-refractivity contribution in [3.05, 3.63) is 60.2 Å². The highest BCUT2D eigenvalue weighted by atomic mass is 16.3. The number of aliphatic hydroxyl groups is 1. The summed E-state index contributed by atoms with van der Waals surface area (Å²) in [6.45, 7) is 2.75. The first kappa shape index (κ1) is 15.3. The molecule has 0 saturated carbocycles. The standard InChI is InChI=1S/C18H21NO2/c1-14(11-12-20)13-19-18(21)17-9-7-16(8-10-17)15-5-3-2-4-6-15/h2-10,14,20H,11-13H2,1H3,(H,19,21). The van der Waals surface area contributed by atoms with Gasteiger partial charge in [0.1, 0.15) is 0 Å². The molecule has 0 heterocycles. The molecule has 1 amide bonds. The van der Waals surface area contributed by atoms with Gasteiger partial charge in [-0.2, -0.15) is 0 Å². The van der Waals surface area contributed by atoms with Crippen molar-refractivity contribution in [2.24, 2.45) is 5.92 Å². The van der Waals surface area contributed by atoms with E-state index < -0.39 is 0 Å². The molecule has 0 spiro atoms. The molecule has 2 rings (SSSR count). The van der Waals surface area contributed by atoms with Crippen LogP contribution in [0, 0.1) is 5.92 Å². The average Bonchev–Trinajstić information content (AvgIpc) is 2.54. The van der Waals surface area contributed by atoms with Gasteiger partial charge in [0.25, 0.3) is 5.91 Å². The number of nitrogens with one attached hydrogen (secondary N) is 1. The SMILES string of the molecule is CC(CCO)CNC(=O)c1ccc(-c2ccccc2)cc1. The lowest BCUT2D eigenvalue weighted by atomic mass is 10.0. The molecule has 3 heteroatoms. The van der Waals surface area contributed by atoms with Gasteiger partial charge in [-0.25, -0.2) is 0 Å². The Morgan fingerprint density at radius 3 is 2.29 bits per heavy atom. The van der Waals surface area contributed by atoms with E-state index in [9.17, 15) is 4.79 Å². The van der Waals surface area contributed by atoms with Crippen molar-refractivity contribution in [3.63, 3.8) is 0 Å². The molecule has 0 saturated heterocycles. The minimum atomic E-state index is -0.0700. The van der Waals surface area contributed by atoms with E-state index in [0.29, 0.717) is 18.5 Å². The summed E-state index contributed by atoms with van der Waals surface area (Å²) in [5.74, 6) is 0.210. The van der Waals surface area contributed by atoms with Crippen LogP contribution >= 0.6 is 0 Å². The van der Waals surface area contributed by atoms with Crippen LogP contribution in [-0.2, 0) is 0 Å². The number of hydrogen-bond donors (Lipinski definition) is 2. The first-order chi connectivity index (χ1) is 10.2. The van der Waals surface area contributed by atoms with Crippen LogP contribution in [0.2, 0.25) is 0 Å². The third-order valence-electron chi connectivity index (χ3n) is 3.49. The number of rotatable bonds is 6. The monoisotopic (exact) mass is 283 g/mol. The molecule has 0 radical (unpaired) electrons. The normalized spacial score (nSPS) is 11.9. The van der Waals surface area contributed by atoms with E-state index in [1.807, 2.05) is 61.5 Å². The van der Waals surface area contributed by atoms with Crippen molar-refractivity contribution in [2.75, 3.05) is 13.2 Å². The van der Waals surface area contributed by atoms with Gasteiger partial charge in [-0.15, -0.1) is 0 Å². The Bertz CT molecular complexity index is 564. The summed E-state index contributed by atoms with van der Waals surface area (Å²) in [4.78, 5) is 12.0. The summed E-state index contributed by atoms with van der Waals surface area (Å²) < 4.78 is 0. The second-order valence-electron chi connectivity index (χ2n) is 5.27. The zero-order valence-electron chi connectivity index (χ0n) is 12.3. The molecule has 1 unspecified atom stereocenters. The maximum atomic E-state index is 12.0. The maximum absolute atomic E-state index is 12.0. The van der Waals surface area contributed by atoms with Crippen LogP contribution in [0.15, 0.2) is 54.6 Å². The predicted molar refractivity (Wildman–Crippen MR) is 85.1 cm³/mol. The van der Waals surface area contributed by atoms with Crippen LogP contribution in [0.4, 0.5) is 0 Å². The second-order valence-corrected chi connectivity index (χ2v) is 5.27. The van der Waals surface area contributed by atoms with Gasteiger partial charge in [-0.3, -0.25) is 4.79 Å². The third kappa shape index (κ3) is 4.43. The fourth-order valence-electron chi connectivity index (χ4n) is 2.14. The fourth-order valence-corrected chi connectivity index (χ4v) is 2.14. The minimum absolute atomic E-state index is 0.0700. The van der Waals surface area contributed by atoms with Crippen molar-refractivity contribution >= 4 is 5.91 Å². The van der Waals surface area contributed by atoms with E-state index in [0.717, 1.165) is 11.1 Å². The molecule has 0 aromatic heterocycles. The number of carbonyl (C=O) groups excluding carboxylic acids is 1. The summed E-state index contributed by atoms with van der Waals surface area (Å²) in [7, 11) is 0. The smallest absolute Gasteiger partial charge is 0.251 e. The van der Waals surface area contributed by atoms with E-state index >= 15 is 0 Å². The fraction of sp³-hybridized carbons (Fsp3) is 0.278. The molecule has 0 aliphatic carbocycles. The molecule has 0 fully saturated rings. The number of aliphatic hydroxyl groups excluding tert-OH is 1. The zero-order valence-corrected chi connectivity index (χ0v) is 12.3. The summed E-state index contributed by atoms with van der Waals surface area (Å²) in [6, 6.07) is 17.7. The highest BCUT2D eigenvalue weighted by Crippen LogP contribution is 2.19. The Morgan fingerprint density at radius 1 is 1.05 bits per heavy atom. The van der Waals surface area contributed by atoms with Crippen molar-refractivity contribution in [1.82, 2.24) is 5.32 Å². The highest BCUT2D eigenvalue weighted by molar-refractivity contribution is 5.94. The Labute approximate surface area is 125 Å². The van der Waals surface area contributed by atoms with Crippen LogP contribution in [0.3, 0.4) is 0 Å². The van der Waals surface area contributed by atoms with Crippen molar-refractivity contribution in [2.45, 2.75) is 13.3 Å². The molecule has 0 aliphatic heterocycles. The molecule has 3 nitrogen and oxygen atoms in total. The second kappa shape index (κ2) is 7.60. The zero-order chi connectivity index (χ0) is 15.1. The van der Waals surface area contributed by atoms with Crippen LogP contribution in [0.1, 0.15) is 23.7 Å². The van der Waals surface area contributed by atoms with E-state index in [1.165, 1.54) is 0 Å². The Kier molecular flexibility index (Phi) is 5.52. The van der Waals surface area contributed by atoms with Gasteiger partial charge in [-0.05, 0) is 35.6 Å². The topological polar surface area (TPSA) is 49.3 Å². The van der Waals surface area contributed by atoms with E-state index in [2.05, 4.69) is 5.32 Å². The average molecular weight is 283 g/mol. The number of benzene rings is 2. The highest BCUT2D eigenvalue weighted by Gasteiger charge is 2.08. The van der Waals surface area contributed by atoms with Gasteiger partial charge in [0.2, 0.25) is 0 Å². The number of carbonyl (C=O) groups is 1. The molecule has 1 atom stereocenters. The van der Waals surface area contributed by atoms with E-state index in [-0.39, 0.29) is 18.4 Å². The lowest BCUT2D eigenvalue weighted by Crippen LogP contribution is -2.28. The Morgan fingerprint density at radius 2 is 1.67 bits per heavy atom. The lowest BCUT2D eigenvalue weighted by molar-refractivity contribution is 0.0945. The van der Waals surface area contributed by atoms with Crippen molar-refractivity contribution in [1.29, 1.82) is 0 Å². The molecular weight excluding hydrogens is 262 g/mol. The number of hydrogen-bond acceptors (Lipinski definition) is 2. The molecule has 2 aromatic rings. The van der Waals surface area contributed by atoms with Crippen LogP contribution in [0.5, 0.6) is 0 Å². The minimum Gasteiger partial charge on any atom is -0.396 e. The van der Waals surface area contributed by atoms with Gasteiger partial charge < -0.3 is 10.4 Å². The third-order valence-corrected chi connectivity index (χ3v) is 3.49. The van der Waals surface area contributed by atoms with Crippen LogP contribution in [-0.4, -0.2) is 24.2 Å². The maximum Gasteiger partial charge on any atom is 0.251 e. The van der Waals surface area contributed by atoms with Gasteiger partial charge >= 0.3 is 0 Å². The van der Waals surface area contributed by atoms with Gasteiger partial charge in [0, 0.05) is 18.7 Å². The molecule has 2 aromatic carbocycles. The lowest BCUT2D eigenvalue weighted by Gasteiger charge is -2.11. The molecule has 21 heavy (non-hydrogen) atoms. The van der Waals surface area contributed by atoms with Crippen molar-refractivity contribution in [3.8, 4) is 11.1 Å². The summed E-state index contributed by atoms with van der Waals surface area (Å²) >= 11 is 0. The summed E-state index contributed by atoms with van der Waals surface area (Å²) in [5.41, 5.74) is 2.90. The Hall–Kier alpha value is -2.13.